The minimum atomic E-state index is -0.505. The Morgan fingerprint density at radius 1 is 0.929 bits per heavy atom. The van der Waals surface area contributed by atoms with Crippen LogP contribution in [-0.4, -0.2) is 15.6 Å². The molecule has 3 N–H and O–H groups in total. The zero-order chi connectivity index (χ0) is 19.5. The highest BCUT2D eigenvalue weighted by Gasteiger charge is 2.15. The maximum absolute atomic E-state index is 12.0. The Hall–Kier alpha value is -3.57. The van der Waals surface area contributed by atoms with Crippen molar-refractivity contribution in [1.82, 2.24) is 4.57 Å². The van der Waals surface area contributed by atoms with Gasteiger partial charge in [-0.15, -0.1) is 0 Å². The van der Waals surface area contributed by atoms with Crippen LogP contribution >= 0.6 is 0 Å². The van der Waals surface area contributed by atoms with E-state index in [0.717, 1.165) is 33.5 Å². The summed E-state index contributed by atoms with van der Waals surface area (Å²) in [6, 6.07) is 24.8. The van der Waals surface area contributed by atoms with Crippen molar-refractivity contribution in [2.24, 2.45) is 5.73 Å². The highest BCUT2D eigenvalue weighted by molar-refractivity contribution is 5.99. The maximum atomic E-state index is 12.0. The highest BCUT2D eigenvalue weighted by Crippen LogP contribution is 2.28. The fraction of sp³-hybridized carbons (Fsp3) is 0.0870. The Bertz CT molecular complexity index is 1120. The van der Waals surface area contributed by atoms with Gasteiger partial charge in [0.1, 0.15) is 18.1 Å². The summed E-state index contributed by atoms with van der Waals surface area (Å²) in [6.07, 6.45) is 0. The van der Waals surface area contributed by atoms with Crippen molar-refractivity contribution in [2.75, 3.05) is 0 Å². The Kier molecular flexibility index (Phi) is 4.83. The number of hydrogen-bond acceptors (Lipinski definition) is 3. The third-order valence-corrected chi connectivity index (χ3v) is 4.65. The van der Waals surface area contributed by atoms with Gasteiger partial charge < -0.3 is 20.1 Å². The number of carbonyl (C=O) groups excluding carboxylic acids is 1. The first-order valence-corrected chi connectivity index (χ1v) is 8.98. The molecule has 0 radical (unpaired) electrons. The van der Waals surface area contributed by atoms with E-state index in [9.17, 15) is 9.90 Å². The molecule has 140 valence electrons. The maximum Gasteiger partial charge on any atom is 0.265 e. The zero-order valence-corrected chi connectivity index (χ0v) is 15.2. The summed E-state index contributed by atoms with van der Waals surface area (Å²) in [5, 5.41) is 10.1. The average Bonchev–Trinajstić information content (AvgIpc) is 3.12. The molecule has 1 amide bonds. The number of hydrogen-bond donors (Lipinski definition) is 2. The van der Waals surface area contributed by atoms with Crippen LogP contribution in [0.3, 0.4) is 0 Å². The number of primary amides is 1. The lowest BCUT2D eigenvalue weighted by molar-refractivity contribution is 0.0994. The summed E-state index contributed by atoms with van der Waals surface area (Å²) in [5.41, 5.74) is 9.56. The second kappa shape index (κ2) is 7.58. The van der Waals surface area contributed by atoms with E-state index >= 15 is 0 Å². The first kappa shape index (κ1) is 17.8. The molecule has 0 fully saturated rings. The van der Waals surface area contributed by atoms with E-state index < -0.39 is 5.91 Å². The highest BCUT2D eigenvalue weighted by atomic mass is 16.5. The Morgan fingerprint density at radius 2 is 1.68 bits per heavy atom. The second-order valence-corrected chi connectivity index (χ2v) is 6.55. The van der Waals surface area contributed by atoms with E-state index in [2.05, 4.69) is 0 Å². The summed E-state index contributed by atoms with van der Waals surface area (Å²) in [4.78, 5) is 12.0. The Morgan fingerprint density at radius 3 is 2.36 bits per heavy atom. The SMILES string of the molecule is NC(=O)c1cc2cc(OCc3ccccc3)ccc2n1-c1ccc(CO)cc1. The van der Waals surface area contributed by atoms with Gasteiger partial charge in [0.15, 0.2) is 0 Å². The molecule has 4 rings (SSSR count). The van der Waals surface area contributed by atoms with Crippen LogP contribution in [0, 0.1) is 0 Å². The molecule has 1 aromatic heterocycles. The van der Waals surface area contributed by atoms with Crippen LogP contribution in [0.2, 0.25) is 0 Å². The van der Waals surface area contributed by atoms with Gasteiger partial charge in [-0.1, -0.05) is 42.5 Å². The lowest BCUT2D eigenvalue weighted by Gasteiger charge is -2.10. The number of fused-ring (bicyclic) bond motifs is 1. The van der Waals surface area contributed by atoms with Crippen LogP contribution < -0.4 is 10.5 Å². The first-order chi connectivity index (χ1) is 13.7. The van der Waals surface area contributed by atoms with Crippen molar-refractivity contribution in [2.45, 2.75) is 13.2 Å². The van der Waals surface area contributed by atoms with E-state index in [1.54, 1.807) is 6.07 Å². The minimum absolute atomic E-state index is 0.0303. The molecular formula is C23H20N2O3. The lowest BCUT2D eigenvalue weighted by atomic mass is 10.2. The second-order valence-electron chi connectivity index (χ2n) is 6.55. The number of aromatic nitrogens is 1. The lowest BCUT2D eigenvalue weighted by Crippen LogP contribution is -2.15. The standard InChI is InChI=1S/C23H20N2O3/c24-23(27)22-13-18-12-20(28-15-17-4-2-1-3-5-17)10-11-21(18)25(22)19-8-6-16(14-26)7-9-19/h1-13,26H,14-15H2,(H2,24,27). The molecule has 28 heavy (non-hydrogen) atoms. The molecule has 4 aromatic rings. The van der Waals surface area contributed by atoms with E-state index in [-0.39, 0.29) is 6.61 Å². The van der Waals surface area contributed by atoms with Crippen molar-refractivity contribution in [3.63, 3.8) is 0 Å². The summed E-state index contributed by atoms with van der Waals surface area (Å²) in [6.45, 7) is 0.440. The minimum Gasteiger partial charge on any atom is -0.489 e. The number of carbonyl (C=O) groups is 1. The first-order valence-electron chi connectivity index (χ1n) is 8.98. The normalized spacial score (nSPS) is 10.9. The quantitative estimate of drug-likeness (QED) is 0.540. The summed E-state index contributed by atoms with van der Waals surface area (Å²) >= 11 is 0. The van der Waals surface area contributed by atoms with Gasteiger partial charge in [-0.2, -0.15) is 0 Å². The molecule has 3 aromatic carbocycles. The van der Waals surface area contributed by atoms with Gasteiger partial charge >= 0.3 is 0 Å². The van der Waals surface area contributed by atoms with E-state index in [1.807, 2.05) is 77.4 Å². The number of aliphatic hydroxyl groups is 1. The molecule has 0 saturated heterocycles. The van der Waals surface area contributed by atoms with Crippen molar-refractivity contribution in [3.8, 4) is 11.4 Å². The Labute approximate surface area is 162 Å². The molecule has 0 spiro atoms. The van der Waals surface area contributed by atoms with E-state index in [0.29, 0.717) is 12.3 Å². The van der Waals surface area contributed by atoms with E-state index in [1.165, 1.54) is 0 Å². The van der Waals surface area contributed by atoms with Crippen LogP contribution in [-0.2, 0) is 13.2 Å². The largest absolute Gasteiger partial charge is 0.489 e. The molecule has 0 aliphatic heterocycles. The molecule has 0 saturated carbocycles. The third-order valence-electron chi connectivity index (χ3n) is 4.65. The number of amides is 1. The summed E-state index contributed by atoms with van der Waals surface area (Å²) < 4.78 is 7.71. The molecule has 0 atom stereocenters. The number of nitrogens with two attached hydrogens (primary N) is 1. The van der Waals surface area contributed by atoms with Gasteiger partial charge in [-0.25, -0.2) is 0 Å². The average molecular weight is 372 g/mol. The number of aliphatic hydroxyl groups excluding tert-OH is 1. The number of benzene rings is 3. The van der Waals surface area contributed by atoms with Crippen molar-refractivity contribution >= 4 is 16.8 Å². The van der Waals surface area contributed by atoms with Crippen molar-refractivity contribution < 1.29 is 14.6 Å². The van der Waals surface area contributed by atoms with Crippen LogP contribution in [0.4, 0.5) is 0 Å². The fourth-order valence-corrected chi connectivity index (χ4v) is 3.23. The van der Waals surface area contributed by atoms with E-state index in [4.69, 9.17) is 10.5 Å². The van der Waals surface area contributed by atoms with Gasteiger partial charge in [0, 0.05) is 11.1 Å². The van der Waals surface area contributed by atoms with Gasteiger partial charge in [-0.05, 0) is 47.5 Å². The van der Waals surface area contributed by atoms with Crippen LogP contribution in [0.25, 0.3) is 16.6 Å². The molecule has 0 bridgehead atoms. The Balaban J connectivity index is 1.71. The fourth-order valence-electron chi connectivity index (χ4n) is 3.23. The van der Waals surface area contributed by atoms with Gasteiger partial charge in [0.25, 0.3) is 5.91 Å². The van der Waals surface area contributed by atoms with Gasteiger partial charge in [0.05, 0.1) is 12.1 Å². The van der Waals surface area contributed by atoms with Crippen molar-refractivity contribution in [1.29, 1.82) is 0 Å². The molecule has 1 heterocycles. The van der Waals surface area contributed by atoms with Gasteiger partial charge in [-0.3, -0.25) is 4.79 Å². The molecule has 0 aliphatic carbocycles. The van der Waals surface area contributed by atoms with Gasteiger partial charge in [0.2, 0.25) is 0 Å². The smallest absolute Gasteiger partial charge is 0.265 e. The summed E-state index contributed by atoms with van der Waals surface area (Å²) in [7, 11) is 0. The zero-order valence-electron chi connectivity index (χ0n) is 15.2. The van der Waals surface area contributed by atoms with Crippen molar-refractivity contribution in [3.05, 3.63) is 95.7 Å². The number of rotatable bonds is 6. The molecular weight excluding hydrogens is 352 g/mol. The predicted octanol–water partition coefficient (Wildman–Crippen LogP) is 3.80. The molecule has 0 aliphatic rings. The van der Waals surface area contributed by atoms with Crippen LogP contribution in [0.15, 0.2) is 78.9 Å². The van der Waals surface area contributed by atoms with Crippen LogP contribution in [0.5, 0.6) is 5.75 Å². The molecule has 5 nitrogen and oxygen atoms in total. The molecule has 5 heteroatoms. The number of nitrogens with zero attached hydrogens (tertiary/aromatic N) is 1. The predicted molar refractivity (Wildman–Crippen MR) is 108 cm³/mol. The third kappa shape index (κ3) is 3.48. The summed E-state index contributed by atoms with van der Waals surface area (Å²) in [5.74, 6) is 0.217. The van der Waals surface area contributed by atoms with Crippen LogP contribution in [0.1, 0.15) is 21.6 Å². The molecule has 0 unspecified atom stereocenters. The monoisotopic (exact) mass is 372 g/mol. The topological polar surface area (TPSA) is 77.5 Å². The number of ether oxygens (including phenoxy) is 1.